The third-order valence-corrected chi connectivity index (χ3v) is 9.93. The van der Waals surface area contributed by atoms with E-state index in [2.05, 4.69) is 54.2 Å². The number of amides is 1. The van der Waals surface area contributed by atoms with Gasteiger partial charge in [0.1, 0.15) is 11.5 Å². The zero-order chi connectivity index (χ0) is 32.8. The number of fused-ring (bicyclic) bond motifs is 2. The van der Waals surface area contributed by atoms with Crippen LogP contribution >= 0.6 is 0 Å². The Hall–Kier alpha value is -4.73. The van der Waals surface area contributed by atoms with Gasteiger partial charge in [-0.2, -0.15) is 0 Å². The number of hydrogen-bond acceptors (Lipinski definition) is 8. The van der Waals surface area contributed by atoms with Gasteiger partial charge in [0.15, 0.2) is 23.0 Å². The zero-order valence-electron chi connectivity index (χ0n) is 27.6. The summed E-state index contributed by atoms with van der Waals surface area (Å²) in [5.74, 6) is 3.68. The van der Waals surface area contributed by atoms with Gasteiger partial charge >= 0.3 is 0 Å². The lowest BCUT2D eigenvalue weighted by Gasteiger charge is -2.37. The normalized spacial score (nSPS) is 19.0. The van der Waals surface area contributed by atoms with E-state index >= 15 is 0 Å². The van der Waals surface area contributed by atoms with Crippen molar-refractivity contribution in [3.8, 4) is 40.2 Å². The molecule has 244 valence electrons. The van der Waals surface area contributed by atoms with E-state index in [4.69, 9.17) is 29.4 Å². The molecule has 47 heavy (non-hydrogen) atoms. The molecule has 4 heterocycles. The van der Waals surface area contributed by atoms with Gasteiger partial charge in [-0.1, -0.05) is 18.2 Å². The molecule has 4 aromatic carbocycles. The van der Waals surface area contributed by atoms with E-state index in [1.54, 1.807) is 27.4 Å². The molecule has 0 saturated carbocycles. The molecule has 0 fully saturated rings. The zero-order valence-corrected chi connectivity index (χ0v) is 27.6. The molecule has 0 aliphatic carbocycles. The Morgan fingerprint density at radius 1 is 0.745 bits per heavy atom. The summed E-state index contributed by atoms with van der Waals surface area (Å²) in [4.78, 5) is 17.1. The fraction of sp³-hybridized carbons (Fsp3) is 0.342. The number of benzene rings is 4. The average Bonchev–Trinajstić information content (AvgIpc) is 3.07. The van der Waals surface area contributed by atoms with Gasteiger partial charge in [-0.3, -0.25) is 14.6 Å². The van der Waals surface area contributed by atoms with Crippen molar-refractivity contribution in [3.05, 3.63) is 99.6 Å². The van der Waals surface area contributed by atoms with Crippen LogP contribution in [0.15, 0.2) is 60.7 Å². The van der Waals surface area contributed by atoms with Crippen molar-refractivity contribution in [2.75, 3.05) is 48.5 Å². The van der Waals surface area contributed by atoms with Crippen LogP contribution in [0.5, 0.6) is 40.2 Å². The Balaban J connectivity index is 1.46. The maximum Gasteiger partial charge on any atom is 0.252 e. The van der Waals surface area contributed by atoms with Crippen LogP contribution in [0.4, 0.5) is 0 Å². The van der Waals surface area contributed by atoms with Crippen LogP contribution in [0.25, 0.3) is 0 Å². The lowest BCUT2D eigenvalue weighted by Crippen LogP contribution is -2.34. The van der Waals surface area contributed by atoms with Gasteiger partial charge < -0.3 is 29.4 Å². The molecule has 4 aliphatic heterocycles. The molecule has 1 amide bonds. The first-order valence-electron chi connectivity index (χ1n) is 16.0. The van der Waals surface area contributed by atoms with E-state index in [9.17, 15) is 4.79 Å². The molecular formula is C38H41N3O6. The van der Waals surface area contributed by atoms with Crippen molar-refractivity contribution < 1.29 is 28.5 Å². The van der Waals surface area contributed by atoms with Gasteiger partial charge in [-0.15, -0.1) is 0 Å². The summed E-state index contributed by atoms with van der Waals surface area (Å²) in [6.45, 7) is 1.78. The maximum absolute atomic E-state index is 12.4. The third kappa shape index (κ3) is 5.64. The van der Waals surface area contributed by atoms with Gasteiger partial charge in [0, 0.05) is 30.7 Å². The number of likely N-dealkylation sites (N-methyl/N-ethyl adjacent to an activating group) is 2. The number of rotatable bonds is 4. The Labute approximate surface area is 275 Å². The van der Waals surface area contributed by atoms with Crippen molar-refractivity contribution in [2.24, 2.45) is 5.73 Å². The summed E-state index contributed by atoms with van der Waals surface area (Å²) < 4.78 is 31.2. The quantitative estimate of drug-likeness (QED) is 0.281. The van der Waals surface area contributed by atoms with E-state index in [0.717, 1.165) is 54.6 Å². The fourth-order valence-corrected chi connectivity index (χ4v) is 7.33. The summed E-state index contributed by atoms with van der Waals surface area (Å²) in [6.07, 6.45) is 3.15. The van der Waals surface area contributed by atoms with Crippen LogP contribution in [-0.2, 0) is 25.7 Å². The third-order valence-electron chi connectivity index (χ3n) is 9.93. The molecule has 2 atom stereocenters. The molecule has 2 N–H and O–H groups in total. The summed E-state index contributed by atoms with van der Waals surface area (Å²) in [6, 6.07) is 20.1. The lowest BCUT2D eigenvalue weighted by atomic mass is 9.87. The predicted molar refractivity (Wildman–Crippen MR) is 180 cm³/mol. The second-order valence-corrected chi connectivity index (χ2v) is 12.7. The van der Waals surface area contributed by atoms with Gasteiger partial charge in [0.25, 0.3) is 5.91 Å². The topological polar surface area (TPSA) is 95.7 Å². The highest BCUT2D eigenvalue weighted by Crippen LogP contribution is 2.51. The summed E-state index contributed by atoms with van der Waals surface area (Å²) in [5.41, 5.74) is 12.9. The molecule has 0 spiro atoms. The summed E-state index contributed by atoms with van der Waals surface area (Å²) >= 11 is 0. The molecular weight excluding hydrogens is 594 g/mol. The fourth-order valence-electron chi connectivity index (χ4n) is 7.33. The highest BCUT2D eigenvalue weighted by atomic mass is 16.5. The first-order chi connectivity index (χ1) is 22.8. The van der Waals surface area contributed by atoms with E-state index in [1.807, 2.05) is 24.3 Å². The van der Waals surface area contributed by atoms with Crippen LogP contribution in [0.3, 0.4) is 0 Å². The minimum Gasteiger partial charge on any atom is -0.493 e. The number of nitrogens with two attached hydrogens (primary N) is 1. The number of hydrogen-bond donors (Lipinski definition) is 1. The van der Waals surface area contributed by atoms with Crippen LogP contribution in [0.2, 0.25) is 0 Å². The van der Waals surface area contributed by atoms with Gasteiger partial charge in [0.2, 0.25) is 5.75 Å². The molecule has 4 aromatic rings. The van der Waals surface area contributed by atoms with Gasteiger partial charge in [-0.25, -0.2) is 0 Å². The monoisotopic (exact) mass is 635 g/mol. The minimum absolute atomic E-state index is 0.000132. The Morgan fingerprint density at radius 3 is 2.11 bits per heavy atom. The van der Waals surface area contributed by atoms with Crippen molar-refractivity contribution in [1.29, 1.82) is 0 Å². The highest BCUT2D eigenvalue weighted by Gasteiger charge is 2.34. The van der Waals surface area contributed by atoms with Crippen LogP contribution < -0.4 is 29.4 Å². The second-order valence-electron chi connectivity index (χ2n) is 12.7. The van der Waals surface area contributed by atoms with Crippen LogP contribution in [-0.4, -0.2) is 64.2 Å². The number of primary amides is 1. The number of ether oxygens (including phenoxy) is 5. The first kappa shape index (κ1) is 30.9. The van der Waals surface area contributed by atoms with Gasteiger partial charge in [-0.05, 0) is 110 Å². The van der Waals surface area contributed by atoms with Crippen molar-refractivity contribution in [2.45, 2.75) is 37.8 Å². The predicted octanol–water partition coefficient (Wildman–Crippen LogP) is 6.25. The molecule has 4 aliphatic rings. The Kier molecular flexibility index (Phi) is 8.20. The summed E-state index contributed by atoms with van der Waals surface area (Å²) in [7, 11) is 9.29. The largest absolute Gasteiger partial charge is 0.493 e. The maximum atomic E-state index is 12.4. The molecule has 0 radical (unpaired) electrons. The molecule has 9 nitrogen and oxygen atoms in total. The average molecular weight is 636 g/mol. The summed E-state index contributed by atoms with van der Waals surface area (Å²) in [5, 5.41) is 0. The molecule has 6 bridgehead atoms. The molecule has 0 unspecified atom stereocenters. The van der Waals surface area contributed by atoms with E-state index in [-0.39, 0.29) is 12.1 Å². The Bertz CT molecular complexity index is 1840. The van der Waals surface area contributed by atoms with E-state index in [0.29, 0.717) is 52.2 Å². The standard InChI is InChI=1S/C38H41N3O6/c1-40-14-12-24-19-32(43-3)33-21-28(24)29(40)17-23-8-11-27(38(39)42)31(18-23)46-26-9-6-22(7-10-26)16-30-35-25(13-15-41(30)2)20-34(44-4)36(45-5)37(35)47-33/h6-11,18-21,29-30H,12-17H2,1-5H3,(H2,39,42)/t29-,30+/m1/s1. The SMILES string of the molecule is COc1cc2c3cc1Oc1c(OC)c(OC)cc4c1[C@H](Cc1ccc(cc1)Oc1cc(ccc1C(N)=O)C[C@H]3N(C)CC2)N(C)CC4. The minimum atomic E-state index is -0.527. The molecule has 9 heteroatoms. The van der Waals surface area contributed by atoms with Crippen molar-refractivity contribution in [1.82, 2.24) is 9.80 Å². The Morgan fingerprint density at radius 2 is 1.40 bits per heavy atom. The second kappa shape index (κ2) is 12.5. The van der Waals surface area contributed by atoms with Crippen molar-refractivity contribution in [3.63, 3.8) is 0 Å². The number of nitrogens with zero attached hydrogens (tertiary/aromatic N) is 2. The van der Waals surface area contributed by atoms with E-state index in [1.165, 1.54) is 11.1 Å². The van der Waals surface area contributed by atoms with Crippen LogP contribution in [0.1, 0.15) is 55.8 Å². The lowest BCUT2D eigenvalue weighted by molar-refractivity contribution is 0.0998. The van der Waals surface area contributed by atoms with Crippen molar-refractivity contribution >= 4 is 5.91 Å². The first-order valence-corrected chi connectivity index (χ1v) is 16.0. The number of carbonyl (C=O) groups excluding carboxylic acids is 1. The number of methoxy groups -OCH3 is 3. The highest BCUT2D eigenvalue weighted by molar-refractivity contribution is 5.95. The van der Waals surface area contributed by atoms with E-state index < -0.39 is 5.91 Å². The van der Waals surface area contributed by atoms with Gasteiger partial charge in [0.05, 0.1) is 26.9 Å². The molecule has 0 aromatic heterocycles. The number of carbonyl (C=O) groups is 1. The molecule has 0 saturated heterocycles. The van der Waals surface area contributed by atoms with Crippen LogP contribution in [0, 0.1) is 0 Å². The molecule has 8 rings (SSSR count). The smallest absolute Gasteiger partial charge is 0.252 e.